The van der Waals surface area contributed by atoms with Crippen molar-refractivity contribution in [2.24, 2.45) is 5.92 Å². The summed E-state index contributed by atoms with van der Waals surface area (Å²) in [7, 11) is -1.70. The zero-order valence-corrected chi connectivity index (χ0v) is 23.6. The van der Waals surface area contributed by atoms with Gasteiger partial charge < -0.3 is 18.6 Å². The first-order valence-corrected chi connectivity index (χ1v) is 15.5. The van der Waals surface area contributed by atoms with E-state index >= 15 is 0 Å². The molecule has 33 heavy (non-hydrogen) atoms. The lowest BCUT2D eigenvalue weighted by molar-refractivity contribution is -0.153. The molecule has 4 nitrogen and oxygen atoms in total. The lowest BCUT2D eigenvalue weighted by atomic mass is 9.94. The minimum atomic E-state index is -1.70. The molecule has 0 bridgehead atoms. The minimum absolute atomic E-state index is 0.0165. The number of allylic oxidation sites excluding steroid dienone is 1. The molecule has 0 spiro atoms. The van der Waals surface area contributed by atoms with Gasteiger partial charge in [0.25, 0.3) is 0 Å². The van der Waals surface area contributed by atoms with E-state index < -0.39 is 19.7 Å². The summed E-state index contributed by atoms with van der Waals surface area (Å²) in [5.41, 5.74) is 0.779. The summed E-state index contributed by atoms with van der Waals surface area (Å²) in [4.78, 5) is 0. The van der Waals surface area contributed by atoms with E-state index in [1.807, 2.05) is 32.0 Å². The fourth-order valence-electron chi connectivity index (χ4n) is 3.87. The molecule has 0 radical (unpaired) electrons. The van der Waals surface area contributed by atoms with Crippen LogP contribution in [0.5, 0.6) is 0 Å². The van der Waals surface area contributed by atoms with Crippen LogP contribution >= 0.6 is 0 Å². The first-order chi connectivity index (χ1) is 15.2. The number of rotatable bonds is 12. The standard InChI is InChI=1S/C28H48O4Si/c1-23(21-30-33(8,9)26(2,3)4)15-13-19-28(7)25(31-27(5,6)32-28)18-14-20-29-22-24-16-11-10-12-17-24/h10-13,16-17,19,23,25H,14-15,18,20-22H2,1-9H3/b19-13+/t23-,25+,28+/m0/s1. The monoisotopic (exact) mass is 476 g/mol. The van der Waals surface area contributed by atoms with Crippen molar-refractivity contribution in [2.45, 2.75) is 110 Å². The number of hydrogen-bond donors (Lipinski definition) is 0. The van der Waals surface area contributed by atoms with Gasteiger partial charge in [0.1, 0.15) is 5.60 Å². The second kappa shape index (κ2) is 11.6. The second-order valence-corrected chi connectivity index (χ2v) is 16.6. The molecule has 1 saturated heterocycles. The summed E-state index contributed by atoms with van der Waals surface area (Å²) in [6, 6.07) is 10.3. The van der Waals surface area contributed by atoms with Crippen molar-refractivity contribution in [3.63, 3.8) is 0 Å². The summed E-state index contributed by atoms with van der Waals surface area (Å²) < 4.78 is 24.9. The number of hydrogen-bond acceptors (Lipinski definition) is 4. The summed E-state index contributed by atoms with van der Waals surface area (Å²) in [6.07, 6.45) is 7.30. The van der Waals surface area contributed by atoms with Gasteiger partial charge in [-0.1, -0.05) is 70.2 Å². The van der Waals surface area contributed by atoms with Crippen molar-refractivity contribution in [3.05, 3.63) is 48.0 Å². The van der Waals surface area contributed by atoms with Gasteiger partial charge in [-0.15, -0.1) is 0 Å². The van der Waals surface area contributed by atoms with Gasteiger partial charge >= 0.3 is 0 Å². The average Bonchev–Trinajstić information content (AvgIpc) is 2.94. The fraction of sp³-hybridized carbons (Fsp3) is 0.714. The molecular formula is C28H48O4Si. The molecule has 188 valence electrons. The molecule has 1 aliphatic heterocycles. The minimum Gasteiger partial charge on any atom is -0.417 e. The zero-order chi connectivity index (χ0) is 24.8. The number of ether oxygens (including phenoxy) is 3. The first kappa shape index (κ1) is 28.3. The van der Waals surface area contributed by atoms with Gasteiger partial charge in [0, 0.05) is 13.2 Å². The molecule has 1 aliphatic rings. The maximum absolute atomic E-state index is 6.40. The van der Waals surface area contributed by atoms with Crippen molar-refractivity contribution >= 4 is 8.32 Å². The fourth-order valence-corrected chi connectivity index (χ4v) is 5.00. The molecule has 0 amide bonds. The van der Waals surface area contributed by atoms with E-state index in [-0.39, 0.29) is 11.1 Å². The Bertz CT molecular complexity index is 738. The van der Waals surface area contributed by atoms with E-state index in [2.05, 4.69) is 72.0 Å². The van der Waals surface area contributed by atoms with Crippen LogP contribution in [0.25, 0.3) is 0 Å². The van der Waals surface area contributed by atoms with Crippen LogP contribution in [0.3, 0.4) is 0 Å². The molecule has 1 aromatic carbocycles. The molecule has 2 rings (SSSR count). The Hall–Kier alpha value is -0.983. The highest BCUT2D eigenvalue weighted by Gasteiger charge is 2.48. The van der Waals surface area contributed by atoms with Crippen LogP contribution in [0.1, 0.15) is 73.3 Å². The SMILES string of the molecule is C[C@@H](C/C=C/[C@@]1(C)OC(C)(C)O[C@@H]1CCCOCc1ccccc1)CO[Si](C)(C)C(C)(C)C. The van der Waals surface area contributed by atoms with Crippen LogP contribution in [-0.4, -0.2) is 39.0 Å². The van der Waals surface area contributed by atoms with Crippen LogP contribution in [0.4, 0.5) is 0 Å². The van der Waals surface area contributed by atoms with Gasteiger partial charge in [-0.25, -0.2) is 0 Å². The molecule has 3 atom stereocenters. The van der Waals surface area contributed by atoms with Gasteiger partial charge in [0.05, 0.1) is 12.7 Å². The highest BCUT2D eigenvalue weighted by Crippen LogP contribution is 2.40. The van der Waals surface area contributed by atoms with Gasteiger partial charge in [0.2, 0.25) is 0 Å². The Balaban J connectivity index is 1.81. The predicted octanol–water partition coefficient (Wildman–Crippen LogP) is 7.50. The van der Waals surface area contributed by atoms with Gasteiger partial charge in [-0.05, 0) is 69.6 Å². The lowest BCUT2D eigenvalue weighted by Gasteiger charge is -2.37. The predicted molar refractivity (Wildman–Crippen MR) is 140 cm³/mol. The van der Waals surface area contributed by atoms with Crippen molar-refractivity contribution in [3.8, 4) is 0 Å². The van der Waals surface area contributed by atoms with Crippen LogP contribution in [0.2, 0.25) is 18.1 Å². The van der Waals surface area contributed by atoms with Crippen molar-refractivity contribution in [1.82, 2.24) is 0 Å². The van der Waals surface area contributed by atoms with E-state index in [0.29, 0.717) is 12.5 Å². The van der Waals surface area contributed by atoms with E-state index in [0.717, 1.165) is 32.5 Å². The van der Waals surface area contributed by atoms with Gasteiger partial charge in [-0.2, -0.15) is 0 Å². The Morgan fingerprint density at radius 2 is 1.79 bits per heavy atom. The summed E-state index contributed by atoms with van der Waals surface area (Å²) in [6.45, 7) is 22.1. The quantitative estimate of drug-likeness (QED) is 0.178. The zero-order valence-electron chi connectivity index (χ0n) is 22.6. The van der Waals surface area contributed by atoms with Crippen LogP contribution in [0.15, 0.2) is 42.5 Å². The Morgan fingerprint density at radius 3 is 2.42 bits per heavy atom. The normalized spacial score (nSPS) is 24.5. The summed E-state index contributed by atoms with van der Waals surface area (Å²) >= 11 is 0. The van der Waals surface area contributed by atoms with Crippen molar-refractivity contribution < 1.29 is 18.6 Å². The molecule has 0 unspecified atom stereocenters. The van der Waals surface area contributed by atoms with Gasteiger partial charge in [-0.3, -0.25) is 0 Å². The van der Waals surface area contributed by atoms with Crippen LogP contribution < -0.4 is 0 Å². The topological polar surface area (TPSA) is 36.9 Å². The molecule has 0 aromatic heterocycles. The third-order valence-corrected chi connectivity index (χ3v) is 11.4. The van der Waals surface area contributed by atoms with Gasteiger partial charge in [0.15, 0.2) is 14.1 Å². The summed E-state index contributed by atoms with van der Waals surface area (Å²) in [5.74, 6) is -0.106. The molecule has 0 N–H and O–H groups in total. The molecule has 5 heteroatoms. The van der Waals surface area contributed by atoms with E-state index in [1.54, 1.807) is 0 Å². The third-order valence-electron chi connectivity index (χ3n) is 6.92. The van der Waals surface area contributed by atoms with Crippen LogP contribution in [0, 0.1) is 5.92 Å². The van der Waals surface area contributed by atoms with Crippen LogP contribution in [-0.2, 0) is 25.2 Å². The molecule has 1 fully saturated rings. The smallest absolute Gasteiger partial charge is 0.191 e. The molecule has 1 heterocycles. The molecule has 0 saturated carbocycles. The first-order valence-electron chi connectivity index (χ1n) is 12.6. The Kier molecular flexibility index (Phi) is 9.96. The average molecular weight is 477 g/mol. The highest BCUT2D eigenvalue weighted by atomic mass is 28.4. The molecule has 1 aromatic rings. The highest BCUT2D eigenvalue weighted by molar-refractivity contribution is 6.74. The second-order valence-electron chi connectivity index (χ2n) is 11.8. The lowest BCUT2D eigenvalue weighted by Crippen LogP contribution is -2.41. The van der Waals surface area contributed by atoms with Crippen molar-refractivity contribution in [1.29, 1.82) is 0 Å². The Morgan fingerprint density at radius 1 is 1.12 bits per heavy atom. The Labute approximate surface area is 204 Å². The van der Waals surface area contributed by atoms with E-state index in [9.17, 15) is 0 Å². The maximum Gasteiger partial charge on any atom is 0.191 e. The van der Waals surface area contributed by atoms with Crippen molar-refractivity contribution in [2.75, 3.05) is 13.2 Å². The molecule has 0 aliphatic carbocycles. The largest absolute Gasteiger partial charge is 0.417 e. The summed E-state index contributed by atoms with van der Waals surface area (Å²) in [5, 5.41) is 0.245. The third kappa shape index (κ3) is 8.95. The maximum atomic E-state index is 6.40. The molecular weight excluding hydrogens is 428 g/mol. The number of benzene rings is 1. The van der Waals surface area contributed by atoms with E-state index in [4.69, 9.17) is 18.6 Å². The van der Waals surface area contributed by atoms with E-state index in [1.165, 1.54) is 5.56 Å².